The summed E-state index contributed by atoms with van der Waals surface area (Å²) in [7, 11) is 0. The molecule has 6 nitrogen and oxygen atoms in total. The van der Waals surface area contributed by atoms with E-state index < -0.39 is 0 Å². The summed E-state index contributed by atoms with van der Waals surface area (Å²) in [5.74, 6) is 0.456. The normalized spacial score (nSPS) is 16.6. The lowest BCUT2D eigenvalue weighted by molar-refractivity contribution is -0.123. The lowest BCUT2D eigenvalue weighted by atomic mass is 10.1. The molecule has 1 aromatic carbocycles. The zero-order chi connectivity index (χ0) is 17.8. The molecule has 132 valence electrons. The van der Waals surface area contributed by atoms with Crippen LogP contribution in [0.5, 0.6) is 5.75 Å². The average molecular weight is 360 g/mol. The van der Waals surface area contributed by atoms with Gasteiger partial charge in [0.05, 0.1) is 13.1 Å². The lowest BCUT2D eigenvalue weighted by Gasteiger charge is -2.13. The Morgan fingerprint density at radius 1 is 1.36 bits per heavy atom. The second kappa shape index (κ2) is 7.57. The molecule has 2 heterocycles. The number of ether oxygens (including phenoxy) is 2. The number of amides is 2. The van der Waals surface area contributed by atoms with E-state index in [1.807, 2.05) is 49.6 Å². The number of aryl methyl sites for hydroxylation is 1. The van der Waals surface area contributed by atoms with Crippen molar-refractivity contribution in [3.8, 4) is 5.75 Å². The highest BCUT2D eigenvalue weighted by atomic mass is 32.1. The quantitative estimate of drug-likeness (QED) is 0.860. The number of nitrogens with zero attached hydrogens (tertiary/aromatic N) is 1. The molecule has 1 fully saturated rings. The van der Waals surface area contributed by atoms with Gasteiger partial charge in [0.15, 0.2) is 6.61 Å². The van der Waals surface area contributed by atoms with Gasteiger partial charge in [0.2, 0.25) is 0 Å². The van der Waals surface area contributed by atoms with Gasteiger partial charge in [0, 0.05) is 0 Å². The Kier molecular flexibility index (Phi) is 5.23. The van der Waals surface area contributed by atoms with E-state index in [0.717, 1.165) is 16.1 Å². The first kappa shape index (κ1) is 17.3. The number of hydrogen-bond acceptors (Lipinski definition) is 5. The Balaban J connectivity index is 1.45. The van der Waals surface area contributed by atoms with Gasteiger partial charge in [0.1, 0.15) is 16.9 Å². The third-order valence-corrected chi connectivity index (χ3v) is 4.98. The van der Waals surface area contributed by atoms with E-state index >= 15 is 0 Å². The van der Waals surface area contributed by atoms with Gasteiger partial charge in [0.25, 0.3) is 5.91 Å². The number of nitrogens with one attached hydrogen (secondary N) is 1. The van der Waals surface area contributed by atoms with Crippen LogP contribution in [-0.4, -0.2) is 37.8 Å². The van der Waals surface area contributed by atoms with Crippen LogP contribution in [0, 0.1) is 13.8 Å². The lowest BCUT2D eigenvalue weighted by Crippen LogP contribution is -2.37. The molecule has 1 N–H and O–H groups in total. The monoisotopic (exact) mass is 360 g/mol. The van der Waals surface area contributed by atoms with Crippen LogP contribution in [0.2, 0.25) is 0 Å². The first-order valence-electron chi connectivity index (χ1n) is 8.02. The van der Waals surface area contributed by atoms with Crippen LogP contribution in [0.15, 0.2) is 35.7 Å². The van der Waals surface area contributed by atoms with Gasteiger partial charge in [-0.25, -0.2) is 4.79 Å². The van der Waals surface area contributed by atoms with Crippen LogP contribution in [0.25, 0.3) is 0 Å². The van der Waals surface area contributed by atoms with Crippen LogP contribution < -0.4 is 15.0 Å². The Bertz CT molecular complexity index is 760. The Morgan fingerprint density at radius 2 is 2.20 bits per heavy atom. The number of benzene rings is 1. The molecule has 1 aliphatic heterocycles. The molecule has 0 aliphatic carbocycles. The minimum Gasteiger partial charge on any atom is -0.483 e. The number of anilines is 1. The van der Waals surface area contributed by atoms with Gasteiger partial charge in [-0.05, 0) is 48.6 Å². The van der Waals surface area contributed by atoms with Gasteiger partial charge in [-0.3, -0.25) is 9.69 Å². The molecular formula is C18H20N2O4S. The van der Waals surface area contributed by atoms with Crippen LogP contribution in [0.1, 0.15) is 11.1 Å². The second-order valence-corrected chi connectivity index (χ2v) is 6.78. The molecule has 2 amide bonds. The number of thiophene rings is 1. The minimum absolute atomic E-state index is 0.0698. The predicted molar refractivity (Wildman–Crippen MR) is 96.4 cm³/mol. The molecule has 0 radical (unpaired) electrons. The van der Waals surface area contributed by atoms with Crippen LogP contribution >= 0.6 is 11.3 Å². The summed E-state index contributed by atoms with van der Waals surface area (Å²) < 4.78 is 10.9. The maximum Gasteiger partial charge on any atom is 0.415 e. The average Bonchev–Trinajstić information content (AvgIpc) is 3.23. The van der Waals surface area contributed by atoms with Crippen molar-refractivity contribution in [3.63, 3.8) is 0 Å². The molecular weight excluding hydrogens is 340 g/mol. The Morgan fingerprint density at radius 3 is 2.96 bits per heavy atom. The van der Waals surface area contributed by atoms with Crippen LogP contribution in [0.3, 0.4) is 0 Å². The van der Waals surface area contributed by atoms with Gasteiger partial charge < -0.3 is 14.8 Å². The van der Waals surface area contributed by atoms with Gasteiger partial charge in [-0.15, -0.1) is 11.3 Å². The molecule has 2 aromatic rings. The van der Waals surface area contributed by atoms with E-state index in [1.165, 1.54) is 11.3 Å². The number of cyclic esters (lactones) is 1. The molecule has 3 rings (SSSR count). The van der Waals surface area contributed by atoms with Crippen molar-refractivity contribution in [2.24, 2.45) is 0 Å². The van der Waals surface area contributed by atoms with Gasteiger partial charge in [-0.1, -0.05) is 12.1 Å². The summed E-state index contributed by atoms with van der Waals surface area (Å²) in [6, 6.07) is 9.48. The maximum atomic E-state index is 12.0. The van der Waals surface area contributed by atoms with Crippen LogP contribution in [0.4, 0.5) is 9.80 Å². The largest absolute Gasteiger partial charge is 0.483 e. The molecule has 1 aromatic heterocycles. The van der Waals surface area contributed by atoms with Gasteiger partial charge in [-0.2, -0.15) is 0 Å². The summed E-state index contributed by atoms with van der Waals surface area (Å²) in [6.45, 7) is 4.58. The Labute approximate surface area is 150 Å². The molecule has 25 heavy (non-hydrogen) atoms. The minimum atomic E-state index is -0.381. The van der Waals surface area contributed by atoms with E-state index in [0.29, 0.717) is 12.3 Å². The molecule has 0 spiro atoms. The molecule has 0 saturated carbocycles. The number of carbonyl (C=O) groups is 2. The van der Waals surface area contributed by atoms with Crippen molar-refractivity contribution in [3.05, 3.63) is 46.8 Å². The smallest absolute Gasteiger partial charge is 0.415 e. The number of hydrogen-bond donors (Lipinski definition) is 1. The summed E-state index contributed by atoms with van der Waals surface area (Å²) in [4.78, 5) is 25.4. The van der Waals surface area contributed by atoms with E-state index in [2.05, 4.69) is 5.32 Å². The second-order valence-electron chi connectivity index (χ2n) is 5.86. The molecule has 1 unspecified atom stereocenters. The summed E-state index contributed by atoms with van der Waals surface area (Å²) in [6.07, 6.45) is -0.743. The van der Waals surface area contributed by atoms with Gasteiger partial charge >= 0.3 is 6.09 Å². The standard InChI is InChI=1S/C18H20N2O4S/c1-12-5-3-6-15(13(12)2)23-11-16(21)19-9-14-10-20(18(22)24-14)17-7-4-8-25-17/h3-8,14H,9-11H2,1-2H3,(H,19,21). The molecule has 1 saturated heterocycles. The topological polar surface area (TPSA) is 67.9 Å². The zero-order valence-corrected chi connectivity index (χ0v) is 15.0. The Hall–Kier alpha value is -2.54. The fourth-order valence-electron chi connectivity index (χ4n) is 2.53. The number of carbonyl (C=O) groups excluding carboxylic acids is 2. The summed E-state index contributed by atoms with van der Waals surface area (Å²) >= 11 is 1.48. The van der Waals surface area contributed by atoms with Crippen molar-refractivity contribution in [2.75, 3.05) is 24.6 Å². The van der Waals surface area contributed by atoms with E-state index in [9.17, 15) is 9.59 Å². The SMILES string of the molecule is Cc1cccc(OCC(=O)NCC2CN(c3cccs3)C(=O)O2)c1C. The fraction of sp³-hybridized carbons (Fsp3) is 0.333. The molecule has 1 aliphatic rings. The number of rotatable bonds is 6. The highest BCUT2D eigenvalue weighted by Gasteiger charge is 2.32. The van der Waals surface area contributed by atoms with E-state index in [-0.39, 0.29) is 31.3 Å². The van der Waals surface area contributed by atoms with Crippen molar-refractivity contribution in [1.29, 1.82) is 0 Å². The van der Waals surface area contributed by atoms with E-state index in [4.69, 9.17) is 9.47 Å². The van der Waals surface area contributed by atoms with E-state index in [1.54, 1.807) is 4.90 Å². The van der Waals surface area contributed by atoms with Crippen molar-refractivity contribution in [1.82, 2.24) is 5.32 Å². The molecule has 0 bridgehead atoms. The van der Waals surface area contributed by atoms with Crippen molar-refractivity contribution >= 4 is 28.3 Å². The van der Waals surface area contributed by atoms with Crippen molar-refractivity contribution < 1.29 is 19.1 Å². The fourth-order valence-corrected chi connectivity index (χ4v) is 3.26. The summed E-state index contributed by atoms with van der Waals surface area (Å²) in [5, 5.41) is 5.50. The highest BCUT2D eigenvalue weighted by Crippen LogP contribution is 2.26. The molecule has 7 heteroatoms. The maximum absolute atomic E-state index is 12.0. The predicted octanol–water partition coefficient (Wildman–Crippen LogP) is 2.89. The highest BCUT2D eigenvalue weighted by molar-refractivity contribution is 7.14. The van der Waals surface area contributed by atoms with Crippen LogP contribution in [-0.2, 0) is 9.53 Å². The summed E-state index contributed by atoms with van der Waals surface area (Å²) in [5.41, 5.74) is 2.14. The third kappa shape index (κ3) is 4.11. The van der Waals surface area contributed by atoms with Crippen molar-refractivity contribution in [2.45, 2.75) is 20.0 Å². The molecule has 1 atom stereocenters. The first-order chi connectivity index (χ1) is 12.0. The third-order valence-electron chi connectivity index (χ3n) is 4.09. The zero-order valence-electron chi connectivity index (χ0n) is 14.2. The first-order valence-corrected chi connectivity index (χ1v) is 8.90.